The van der Waals surface area contributed by atoms with E-state index in [-0.39, 0.29) is 17.2 Å². The Morgan fingerprint density at radius 2 is 1.78 bits per heavy atom. The van der Waals surface area contributed by atoms with E-state index in [0.29, 0.717) is 12.6 Å². The van der Waals surface area contributed by atoms with Crippen LogP contribution >= 0.6 is 0 Å². The van der Waals surface area contributed by atoms with E-state index in [1.165, 1.54) is 25.7 Å². The fraction of sp³-hybridized carbons (Fsp3) is 0.933. The highest BCUT2D eigenvalue weighted by molar-refractivity contribution is 5.79. The van der Waals surface area contributed by atoms with Crippen LogP contribution in [-0.2, 0) is 4.79 Å². The number of hydrogen-bond acceptors (Lipinski definition) is 2. The molecule has 1 fully saturated rings. The highest BCUT2D eigenvalue weighted by atomic mass is 16.1. The van der Waals surface area contributed by atoms with Crippen molar-refractivity contribution in [2.24, 2.45) is 17.1 Å². The lowest BCUT2D eigenvalue weighted by molar-refractivity contribution is -0.126. The van der Waals surface area contributed by atoms with Crippen molar-refractivity contribution < 1.29 is 4.79 Å². The molecule has 1 atom stereocenters. The number of carbonyl (C=O) groups excluding carboxylic acids is 1. The first kappa shape index (κ1) is 15.5. The molecule has 3 heteroatoms. The maximum absolute atomic E-state index is 12.2. The van der Waals surface area contributed by atoms with Gasteiger partial charge in [0.25, 0.3) is 0 Å². The summed E-state index contributed by atoms with van der Waals surface area (Å²) in [5, 5.41) is 3.21. The fourth-order valence-electron chi connectivity index (χ4n) is 2.77. The van der Waals surface area contributed by atoms with Crippen molar-refractivity contribution in [3.05, 3.63) is 0 Å². The van der Waals surface area contributed by atoms with E-state index < -0.39 is 0 Å². The molecule has 1 aliphatic carbocycles. The first-order valence-corrected chi connectivity index (χ1v) is 7.43. The Hall–Kier alpha value is -0.570. The van der Waals surface area contributed by atoms with Crippen LogP contribution in [0.15, 0.2) is 0 Å². The zero-order valence-corrected chi connectivity index (χ0v) is 12.3. The lowest BCUT2D eigenvalue weighted by Crippen LogP contribution is -2.42. The van der Waals surface area contributed by atoms with Gasteiger partial charge in [-0.1, -0.05) is 46.5 Å². The standard InChI is InChI=1S/C15H30N2O/c1-15(2,3)10-12(11-16)14(18)17-13-8-6-4-5-7-9-13/h12-13H,4-11,16H2,1-3H3,(H,17,18). The van der Waals surface area contributed by atoms with Crippen LogP contribution in [-0.4, -0.2) is 18.5 Å². The highest BCUT2D eigenvalue weighted by Gasteiger charge is 2.25. The average molecular weight is 254 g/mol. The van der Waals surface area contributed by atoms with Gasteiger partial charge in [0.2, 0.25) is 5.91 Å². The lowest BCUT2D eigenvalue weighted by atomic mass is 9.84. The molecule has 0 spiro atoms. The molecule has 1 rings (SSSR count). The number of nitrogens with two attached hydrogens (primary N) is 1. The third-order valence-electron chi connectivity index (χ3n) is 3.72. The minimum Gasteiger partial charge on any atom is -0.353 e. The maximum atomic E-state index is 12.2. The molecule has 0 heterocycles. The molecule has 0 aromatic rings. The molecule has 0 aromatic heterocycles. The Morgan fingerprint density at radius 1 is 1.22 bits per heavy atom. The van der Waals surface area contributed by atoms with Crippen LogP contribution in [0.5, 0.6) is 0 Å². The molecule has 18 heavy (non-hydrogen) atoms. The van der Waals surface area contributed by atoms with Crippen molar-refractivity contribution in [1.29, 1.82) is 0 Å². The van der Waals surface area contributed by atoms with Crippen molar-refractivity contribution in [3.8, 4) is 0 Å². The van der Waals surface area contributed by atoms with Crippen molar-refractivity contribution >= 4 is 5.91 Å². The molecule has 1 saturated carbocycles. The van der Waals surface area contributed by atoms with E-state index in [2.05, 4.69) is 26.1 Å². The molecule has 0 saturated heterocycles. The Bertz CT molecular complexity index is 250. The number of amides is 1. The van der Waals surface area contributed by atoms with Crippen LogP contribution in [0.25, 0.3) is 0 Å². The molecule has 106 valence electrons. The third kappa shape index (κ3) is 5.85. The summed E-state index contributed by atoms with van der Waals surface area (Å²) < 4.78 is 0. The molecule has 0 aliphatic heterocycles. The quantitative estimate of drug-likeness (QED) is 0.758. The largest absolute Gasteiger partial charge is 0.353 e. The van der Waals surface area contributed by atoms with Gasteiger partial charge >= 0.3 is 0 Å². The zero-order chi connectivity index (χ0) is 13.6. The first-order valence-electron chi connectivity index (χ1n) is 7.43. The number of carbonyl (C=O) groups is 1. The molecule has 1 unspecified atom stereocenters. The lowest BCUT2D eigenvalue weighted by Gasteiger charge is -2.26. The number of nitrogens with one attached hydrogen (secondary N) is 1. The van der Waals surface area contributed by atoms with Gasteiger partial charge in [0, 0.05) is 12.6 Å². The molecule has 1 aliphatic rings. The molecular formula is C15H30N2O. The Balaban J connectivity index is 2.45. The normalized spacial score (nSPS) is 20.2. The van der Waals surface area contributed by atoms with Gasteiger partial charge in [-0.2, -0.15) is 0 Å². The summed E-state index contributed by atoms with van der Waals surface area (Å²) in [6.45, 7) is 6.94. The van der Waals surface area contributed by atoms with Gasteiger partial charge in [0.15, 0.2) is 0 Å². The van der Waals surface area contributed by atoms with E-state index in [1.54, 1.807) is 0 Å². The van der Waals surface area contributed by atoms with Gasteiger partial charge in [0.1, 0.15) is 0 Å². The predicted octanol–water partition coefficient (Wildman–Crippen LogP) is 2.84. The van der Waals surface area contributed by atoms with Crippen molar-refractivity contribution in [2.45, 2.75) is 71.8 Å². The number of hydrogen-bond donors (Lipinski definition) is 2. The van der Waals surface area contributed by atoms with Crippen LogP contribution in [0.4, 0.5) is 0 Å². The van der Waals surface area contributed by atoms with Gasteiger partial charge in [-0.3, -0.25) is 4.79 Å². The molecule has 0 radical (unpaired) electrons. The summed E-state index contributed by atoms with van der Waals surface area (Å²) in [5.41, 5.74) is 5.91. The van der Waals surface area contributed by atoms with Crippen molar-refractivity contribution in [3.63, 3.8) is 0 Å². The molecular weight excluding hydrogens is 224 g/mol. The van der Waals surface area contributed by atoms with Crippen LogP contribution in [0.3, 0.4) is 0 Å². The van der Waals surface area contributed by atoms with Gasteiger partial charge < -0.3 is 11.1 Å². The second-order valence-electron chi connectivity index (χ2n) is 6.89. The van der Waals surface area contributed by atoms with Crippen LogP contribution in [0, 0.1) is 11.3 Å². The summed E-state index contributed by atoms with van der Waals surface area (Å²) in [6, 6.07) is 0.383. The van der Waals surface area contributed by atoms with Gasteiger partial charge in [0.05, 0.1) is 5.92 Å². The average Bonchev–Trinajstić information content (AvgIpc) is 2.53. The van der Waals surface area contributed by atoms with Crippen LogP contribution in [0.2, 0.25) is 0 Å². The van der Waals surface area contributed by atoms with E-state index in [4.69, 9.17) is 5.73 Å². The fourth-order valence-corrected chi connectivity index (χ4v) is 2.77. The second kappa shape index (κ2) is 7.13. The first-order chi connectivity index (χ1) is 8.42. The Morgan fingerprint density at radius 3 is 2.22 bits per heavy atom. The summed E-state index contributed by atoms with van der Waals surface area (Å²) >= 11 is 0. The van der Waals surface area contributed by atoms with Gasteiger partial charge in [-0.05, 0) is 24.7 Å². The van der Waals surface area contributed by atoms with Gasteiger partial charge in [-0.25, -0.2) is 0 Å². The van der Waals surface area contributed by atoms with Gasteiger partial charge in [-0.15, -0.1) is 0 Å². The zero-order valence-electron chi connectivity index (χ0n) is 12.3. The van der Waals surface area contributed by atoms with E-state index >= 15 is 0 Å². The molecule has 1 amide bonds. The minimum atomic E-state index is -0.0340. The SMILES string of the molecule is CC(C)(C)CC(CN)C(=O)NC1CCCCCC1. The Kier molecular flexibility index (Phi) is 6.13. The van der Waals surface area contributed by atoms with E-state index in [9.17, 15) is 4.79 Å². The second-order valence-corrected chi connectivity index (χ2v) is 6.89. The molecule has 3 nitrogen and oxygen atoms in total. The summed E-state index contributed by atoms with van der Waals surface area (Å²) in [5.74, 6) is 0.132. The smallest absolute Gasteiger partial charge is 0.224 e. The minimum absolute atomic E-state index is 0.0340. The summed E-state index contributed by atoms with van der Waals surface area (Å²) in [7, 11) is 0. The summed E-state index contributed by atoms with van der Waals surface area (Å²) in [4.78, 5) is 12.2. The van der Waals surface area contributed by atoms with Crippen LogP contribution in [0.1, 0.15) is 65.7 Å². The van der Waals surface area contributed by atoms with Crippen molar-refractivity contribution in [2.75, 3.05) is 6.54 Å². The summed E-state index contributed by atoms with van der Waals surface area (Å²) in [6.07, 6.45) is 8.26. The monoisotopic (exact) mass is 254 g/mol. The molecule has 0 aromatic carbocycles. The van der Waals surface area contributed by atoms with Crippen molar-refractivity contribution in [1.82, 2.24) is 5.32 Å². The maximum Gasteiger partial charge on any atom is 0.224 e. The molecule has 3 N–H and O–H groups in total. The van der Waals surface area contributed by atoms with E-state index in [0.717, 1.165) is 19.3 Å². The van der Waals surface area contributed by atoms with Crippen LogP contribution < -0.4 is 11.1 Å². The predicted molar refractivity (Wildman–Crippen MR) is 76.2 cm³/mol. The number of rotatable bonds is 4. The highest BCUT2D eigenvalue weighted by Crippen LogP contribution is 2.24. The Labute approximate surface area is 112 Å². The topological polar surface area (TPSA) is 55.1 Å². The van der Waals surface area contributed by atoms with E-state index in [1.807, 2.05) is 0 Å². The molecule has 0 bridgehead atoms. The third-order valence-corrected chi connectivity index (χ3v) is 3.72.